The Bertz CT molecular complexity index is 3190. The van der Waals surface area contributed by atoms with Gasteiger partial charge in [0.15, 0.2) is 4.90 Å². The summed E-state index contributed by atoms with van der Waals surface area (Å²) in [7, 11) is -5.10. The van der Waals surface area contributed by atoms with Gasteiger partial charge in [0.25, 0.3) is 10.1 Å². The maximum Gasteiger partial charge on any atom is 0.300 e. The van der Waals surface area contributed by atoms with Crippen LogP contribution in [0.5, 0.6) is 5.75 Å². The van der Waals surface area contributed by atoms with Gasteiger partial charge >= 0.3 is 0 Å². The topological polar surface area (TPSA) is 104 Å². The van der Waals surface area contributed by atoms with Gasteiger partial charge in [-0.05, 0) is 287 Å². The molecular formula is C81H119NO5S. The Morgan fingerprint density at radius 3 is 1.12 bits per heavy atom. The zero-order valence-corrected chi connectivity index (χ0v) is 58.3. The molecule has 7 heteroatoms. The first-order valence-corrected chi connectivity index (χ1v) is 38.3. The van der Waals surface area contributed by atoms with Crippen molar-refractivity contribution in [3.63, 3.8) is 0 Å². The fourth-order valence-corrected chi connectivity index (χ4v) is 24.0. The van der Waals surface area contributed by atoms with Crippen LogP contribution in [0.3, 0.4) is 0 Å². The molecule has 0 saturated heterocycles. The van der Waals surface area contributed by atoms with E-state index in [1.165, 1.54) is 72.8 Å². The zero-order valence-electron chi connectivity index (χ0n) is 57.5. The third-order valence-corrected chi connectivity index (χ3v) is 31.8. The second-order valence-corrected chi connectivity index (χ2v) is 37.4. The van der Waals surface area contributed by atoms with Crippen molar-refractivity contribution in [1.29, 1.82) is 0 Å². The van der Waals surface area contributed by atoms with Crippen molar-refractivity contribution in [1.82, 2.24) is 0 Å². The molecule has 6 saturated carbocycles. The summed E-state index contributed by atoms with van der Waals surface area (Å²) in [6.07, 6.45) is 43.6. The van der Waals surface area contributed by atoms with Crippen molar-refractivity contribution < 1.29 is 22.9 Å². The van der Waals surface area contributed by atoms with E-state index in [2.05, 4.69) is 132 Å². The van der Waals surface area contributed by atoms with Crippen LogP contribution in [-0.4, -0.2) is 24.0 Å². The number of hydrogen-bond acceptors (Lipinski definition) is 4. The first kappa shape index (κ1) is 63.6. The number of phenolic OH excluding ortho intramolecular Hbond substituents is 1. The molecule has 13 atom stereocenters. The van der Waals surface area contributed by atoms with Crippen LogP contribution >= 0.6 is 0 Å². The van der Waals surface area contributed by atoms with Gasteiger partial charge in [-0.3, -0.25) is 9.35 Å². The van der Waals surface area contributed by atoms with Crippen molar-refractivity contribution in [2.45, 2.75) is 281 Å². The summed E-state index contributed by atoms with van der Waals surface area (Å²) in [5, 5.41) is 17.1. The molecule has 1 amide bonds. The molecule has 0 aromatic heterocycles. The van der Waals surface area contributed by atoms with Crippen molar-refractivity contribution >= 4 is 21.7 Å². The molecule has 18 aliphatic carbocycles. The van der Waals surface area contributed by atoms with E-state index in [9.17, 15) is 18.1 Å². The average Bonchev–Trinajstić information content (AvgIpc) is 0.964. The van der Waals surface area contributed by atoms with Crippen LogP contribution in [0.15, 0.2) is 74.8 Å². The fourth-order valence-electron chi connectivity index (χ4n) is 23.2. The van der Waals surface area contributed by atoms with Gasteiger partial charge in [-0.2, -0.15) is 8.42 Å². The van der Waals surface area contributed by atoms with Crippen LogP contribution in [0.4, 0.5) is 5.69 Å². The summed E-state index contributed by atoms with van der Waals surface area (Å²) in [6, 6.07) is 0. The molecule has 19 rings (SSSR count). The summed E-state index contributed by atoms with van der Waals surface area (Å²) in [6.45, 7) is 31.8. The molecule has 1 aromatic rings. The number of anilines is 1. The Kier molecular flexibility index (Phi) is 16.5. The molecule has 0 radical (unpaired) electrons. The summed E-state index contributed by atoms with van der Waals surface area (Å²) in [4.78, 5) is 17.1. The molecule has 6 nitrogen and oxygen atoms in total. The van der Waals surface area contributed by atoms with E-state index < -0.39 is 20.4 Å². The molecule has 6 fully saturated rings. The van der Waals surface area contributed by atoms with Gasteiger partial charge in [0.1, 0.15) is 5.75 Å². The summed E-state index contributed by atoms with van der Waals surface area (Å²) < 4.78 is 41.9. The Hall–Kier alpha value is -3.16. The largest absolute Gasteiger partial charge is 0.506 e. The van der Waals surface area contributed by atoms with Gasteiger partial charge in [0.05, 0.1) is 11.1 Å². The fraction of sp³-hybridized carbons (Fsp3) is 0.765. The monoisotopic (exact) mass is 1220 g/mol. The van der Waals surface area contributed by atoms with E-state index in [0.29, 0.717) is 108 Å². The highest BCUT2D eigenvalue weighted by molar-refractivity contribution is 7.86. The second kappa shape index (κ2) is 22.8. The quantitative estimate of drug-likeness (QED) is 0.0463. The van der Waals surface area contributed by atoms with Crippen LogP contribution < -0.4 is 5.32 Å². The van der Waals surface area contributed by atoms with Crippen LogP contribution in [0, 0.1) is 115 Å². The lowest BCUT2D eigenvalue weighted by molar-refractivity contribution is -0.130. The van der Waals surface area contributed by atoms with E-state index >= 15 is 4.79 Å². The zero-order chi connectivity index (χ0) is 62.5. The molecule has 0 heterocycles. The van der Waals surface area contributed by atoms with Gasteiger partial charge in [-0.15, -0.1) is 0 Å². The van der Waals surface area contributed by atoms with E-state index in [-0.39, 0.29) is 50.3 Å². The summed E-state index contributed by atoms with van der Waals surface area (Å²) >= 11 is 0. The second-order valence-electron chi connectivity index (χ2n) is 36.1. The lowest BCUT2D eigenvalue weighted by Crippen LogP contribution is -2.49. The van der Waals surface area contributed by atoms with Gasteiger partial charge in [0.2, 0.25) is 5.91 Å². The van der Waals surface area contributed by atoms with Crippen molar-refractivity contribution in [3.05, 3.63) is 86.6 Å². The number of benzene rings is 1. The number of aromatic hydroxyl groups is 1. The number of unbranched alkanes of at least 4 members (excludes halogenated alkanes) is 3. The molecule has 484 valence electrons. The first-order valence-electron chi connectivity index (χ1n) is 36.8. The third-order valence-electron chi connectivity index (χ3n) is 30.9. The SMILES string of the molecule is CCCCCCC(CCC1=CCC2CC1C2(C)C)C(CCC1=CCC2CC1C2(C)C)(CCC1=CCC2CC1C2(C)C)C(=O)Nc1c(CCC2=CCC3CC2C3(C)C)c(CCC2=CCC3CC2C3(C)C)c(CCC2=CCC3CC2C3(C)C)c(O)c1S(=O)(=O)O. The van der Waals surface area contributed by atoms with Gasteiger partial charge in [-0.25, -0.2) is 0 Å². The van der Waals surface area contributed by atoms with Gasteiger partial charge in [0, 0.05) is 0 Å². The number of rotatable bonds is 27. The Labute approximate surface area is 535 Å². The van der Waals surface area contributed by atoms with Gasteiger partial charge < -0.3 is 10.4 Å². The summed E-state index contributed by atoms with van der Waals surface area (Å²) in [5.74, 6) is 6.92. The van der Waals surface area contributed by atoms with E-state index in [4.69, 9.17) is 0 Å². The number of amides is 1. The normalized spacial score (nSPS) is 34.8. The first-order chi connectivity index (χ1) is 41.5. The number of hydrogen-bond donors (Lipinski definition) is 3. The van der Waals surface area contributed by atoms with Crippen molar-refractivity contribution in [3.8, 4) is 5.75 Å². The van der Waals surface area contributed by atoms with Crippen LogP contribution in [-0.2, 0) is 34.2 Å². The van der Waals surface area contributed by atoms with Crippen LogP contribution in [0.2, 0.25) is 0 Å². The minimum Gasteiger partial charge on any atom is -0.506 e. The Morgan fingerprint density at radius 2 is 0.795 bits per heavy atom. The molecular weight excluding hydrogens is 1100 g/mol. The maximum absolute atomic E-state index is 17.6. The predicted molar refractivity (Wildman–Crippen MR) is 362 cm³/mol. The molecule has 3 N–H and O–H groups in total. The molecule has 0 aliphatic heterocycles. The number of phenols is 1. The highest BCUT2D eigenvalue weighted by atomic mass is 32.2. The number of nitrogens with one attached hydrogen (secondary N) is 1. The molecule has 88 heavy (non-hydrogen) atoms. The van der Waals surface area contributed by atoms with Gasteiger partial charge in [-0.1, -0.05) is 186 Å². The van der Waals surface area contributed by atoms with E-state index in [0.717, 1.165) is 126 Å². The van der Waals surface area contributed by atoms with Crippen molar-refractivity contribution in [2.24, 2.45) is 115 Å². The molecule has 18 aliphatic rings. The molecule has 12 bridgehead atoms. The van der Waals surface area contributed by atoms with E-state index in [1.54, 1.807) is 5.57 Å². The van der Waals surface area contributed by atoms with Crippen molar-refractivity contribution in [2.75, 3.05) is 5.32 Å². The smallest absolute Gasteiger partial charge is 0.300 e. The number of carbonyl (C=O) groups is 1. The molecule has 13 unspecified atom stereocenters. The predicted octanol–water partition coefficient (Wildman–Crippen LogP) is 21.2. The highest BCUT2D eigenvalue weighted by Gasteiger charge is 2.58. The van der Waals surface area contributed by atoms with Crippen LogP contribution in [0.25, 0.3) is 0 Å². The molecule has 0 spiro atoms. The highest BCUT2D eigenvalue weighted by Crippen LogP contribution is 2.66. The van der Waals surface area contributed by atoms with E-state index in [1.807, 2.05) is 0 Å². The number of allylic oxidation sites excluding steroid dienone is 12. The van der Waals surface area contributed by atoms with Crippen LogP contribution in [0.1, 0.15) is 274 Å². The maximum atomic E-state index is 17.6. The Balaban J connectivity index is 0.967. The minimum atomic E-state index is -5.10. The Morgan fingerprint density at radius 1 is 0.466 bits per heavy atom. The number of fused-ring (bicyclic) bond motifs is 6. The summed E-state index contributed by atoms with van der Waals surface area (Å²) in [5.41, 5.74) is 12.3. The minimum absolute atomic E-state index is 0.0435. The third kappa shape index (κ3) is 10.4. The lowest BCUT2D eigenvalue weighted by Gasteiger charge is -2.57. The number of carbonyl (C=O) groups excluding carboxylic acids is 1. The lowest BCUT2D eigenvalue weighted by atomic mass is 9.47. The average molecular weight is 1220 g/mol. The standard InChI is InChI=1S/C81H119NO5S/c1-14-15-16-17-18-55(29-19-49-20-30-56-43-65(49)75(56,2)3)81(41-39-53-24-34-60-47-69(53)79(60,10)11,42-40-54-25-35-61-48-70(54)80(61,12)13)74(84)82-71-63(37-27-51-22-32-58-45-67(51)77(58,6)7)62(36-26-50-21-31-57-44-66(50)76(57,4)5)64(72(83)73(71)88(85,86)87)38-28-52-23-33-59-46-68(52)78(59,8)9/h20-25,55-61,65-70,83H,14-19,26-48H2,1-13H3,(H,82,84)(H,85,86,87). The molecule has 1 aromatic carbocycles.